The molecule has 2 bridgehead atoms. The predicted octanol–water partition coefficient (Wildman–Crippen LogP) is 0.800. The van der Waals surface area contributed by atoms with Crippen molar-refractivity contribution in [3.05, 3.63) is 0 Å². The van der Waals surface area contributed by atoms with Gasteiger partial charge in [0, 0.05) is 24.2 Å². The van der Waals surface area contributed by atoms with E-state index in [1.807, 2.05) is 0 Å². The highest BCUT2D eigenvalue weighted by atomic mass is 16.1. The number of ketones is 2. The molecule has 0 amide bonds. The van der Waals surface area contributed by atoms with Crippen molar-refractivity contribution >= 4 is 11.6 Å². The van der Waals surface area contributed by atoms with Crippen LogP contribution < -0.4 is 0 Å². The Hall–Kier alpha value is -0.660. The molecule has 0 saturated heterocycles. The SMILES string of the molecule is O=C1CC2CC3CC1C2C3=O. The Balaban J connectivity index is 2.11. The average molecular weight is 150 g/mol. The number of fused-ring (bicyclic) bond motifs is 1. The van der Waals surface area contributed by atoms with E-state index in [-0.39, 0.29) is 17.8 Å². The third-order valence-electron chi connectivity index (χ3n) is 3.67. The van der Waals surface area contributed by atoms with Gasteiger partial charge in [0.1, 0.15) is 11.6 Å². The lowest BCUT2D eigenvalue weighted by molar-refractivity contribution is -0.124. The van der Waals surface area contributed by atoms with Gasteiger partial charge in [-0.05, 0) is 18.8 Å². The number of rotatable bonds is 0. The van der Waals surface area contributed by atoms with Gasteiger partial charge in [-0.1, -0.05) is 0 Å². The molecular formula is C9H10O2. The van der Waals surface area contributed by atoms with Gasteiger partial charge >= 0.3 is 0 Å². The van der Waals surface area contributed by atoms with Crippen LogP contribution in [0.25, 0.3) is 0 Å². The van der Waals surface area contributed by atoms with Crippen LogP contribution in [0.3, 0.4) is 0 Å². The molecule has 0 radical (unpaired) electrons. The fourth-order valence-electron chi connectivity index (χ4n) is 3.28. The maximum Gasteiger partial charge on any atom is 0.140 e. The summed E-state index contributed by atoms with van der Waals surface area (Å²) in [6.45, 7) is 0. The second kappa shape index (κ2) is 1.57. The highest BCUT2D eigenvalue weighted by Gasteiger charge is 2.59. The summed E-state index contributed by atoms with van der Waals surface area (Å²) in [5, 5.41) is 0. The first kappa shape index (κ1) is 5.92. The molecule has 0 aliphatic heterocycles. The van der Waals surface area contributed by atoms with E-state index >= 15 is 0 Å². The van der Waals surface area contributed by atoms with Gasteiger partial charge < -0.3 is 0 Å². The van der Waals surface area contributed by atoms with Gasteiger partial charge in [-0.2, -0.15) is 0 Å². The largest absolute Gasteiger partial charge is 0.299 e. The fourth-order valence-corrected chi connectivity index (χ4v) is 3.28. The summed E-state index contributed by atoms with van der Waals surface area (Å²) in [5.41, 5.74) is 0. The summed E-state index contributed by atoms with van der Waals surface area (Å²) >= 11 is 0. The Morgan fingerprint density at radius 1 is 1.18 bits per heavy atom. The van der Waals surface area contributed by atoms with Crippen LogP contribution in [0.15, 0.2) is 0 Å². The van der Waals surface area contributed by atoms with Gasteiger partial charge in [0.05, 0.1) is 0 Å². The van der Waals surface area contributed by atoms with E-state index in [4.69, 9.17) is 0 Å². The molecule has 58 valence electrons. The van der Waals surface area contributed by atoms with Crippen LogP contribution in [0.2, 0.25) is 0 Å². The molecule has 2 heteroatoms. The molecule has 0 N–H and O–H groups in total. The van der Waals surface area contributed by atoms with Crippen molar-refractivity contribution < 1.29 is 9.59 Å². The maximum atomic E-state index is 11.4. The van der Waals surface area contributed by atoms with Gasteiger partial charge in [-0.3, -0.25) is 9.59 Å². The van der Waals surface area contributed by atoms with Gasteiger partial charge in [-0.25, -0.2) is 0 Å². The highest BCUT2D eigenvalue weighted by molar-refractivity contribution is 5.99. The van der Waals surface area contributed by atoms with E-state index in [9.17, 15) is 9.59 Å². The molecular weight excluding hydrogens is 140 g/mol. The first-order valence-electron chi connectivity index (χ1n) is 4.34. The Kier molecular flexibility index (Phi) is 0.846. The number of hydrogen-bond acceptors (Lipinski definition) is 2. The topological polar surface area (TPSA) is 34.1 Å². The molecule has 0 heterocycles. The lowest BCUT2D eigenvalue weighted by Gasteiger charge is -2.13. The molecule has 3 saturated carbocycles. The molecule has 0 aromatic heterocycles. The molecule has 2 nitrogen and oxygen atoms in total. The number of carbonyl (C=O) groups is 2. The molecule has 3 aliphatic rings. The van der Waals surface area contributed by atoms with Crippen molar-refractivity contribution in [2.24, 2.45) is 23.7 Å². The molecule has 11 heavy (non-hydrogen) atoms. The summed E-state index contributed by atoms with van der Waals surface area (Å²) in [6.07, 6.45) is 2.61. The summed E-state index contributed by atoms with van der Waals surface area (Å²) in [5.74, 6) is 1.85. The second-order valence-corrected chi connectivity index (χ2v) is 4.13. The summed E-state index contributed by atoms with van der Waals surface area (Å²) in [7, 11) is 0. The van der Waals surface area contributed by atoms with Crippen LogP contribution in [0.1, 0.15) is 19.3 Å². The molecule has 0 spiro atoms. The highest BCUT2D eigenvalue weighted by Crippen LogP contribution is 2.55. The number of carbonyl (C=O) groups excluding carboxylic acids is 2. The third kappa shape index (κ3) is 0.512. The van der Waals surface area contributed by atoms with Gasteiger partial charge in [-0.15, -0.1) is 0 Å². The molecule has 3 aliphatic carbocycles. The number of Topliss-reactive ketones (excluding diaryl/α,β-unsaturated/α-hetero) is 2. The van der Waals surface area contributed by atoms with Crippen LogP contribution >= 0.6 is 0 Å². The first-order valence-corrected chi connectivity index (χ1v) is 4.34. The molecule has 0 aromatic rings. The van der Waals surface area contributed by atoms with Gasteiger partial charge in [0.15, 0.2) is 0 Å². The normalized spacial score (nSPS) is 52.7. The Bertz CT molecular complexity index is 256. The van der Waals surface area contributed by atoms with Crippen LogP contribution in [0.4, 0.5) is 0 Å². The van der Waals surface area contributed by atoms with Crippen molar-refractivity contribution in [1.29, 1.82) is 0 Å². The summed E-state index contributed by atoms with van der Waals surface area (Å²) in [4.78, 5) is 22.7. The molecule has 3 rings (SSSR count). The average Bonchev–Trinajstić information content (AvgIpc) is 2.47. The standard InChI is InChI=1S/C9H10O2/c10-7-3-4-1-5-2-6(7)8(4)9(5)11/h4-6,8H,1-3H2. The van der Waals surface area contributed by atoms with Crippen LogP contribution in [0.5, 0.6) is 0 Å². The minimum atomic E-state index is 0.159. The van der Waals surface area contributed by atoms with Crippen molar-refractivity contribution in [2.45, 2.75) is 19.3 Å². The lowest BCUT2D eigenvalue weighted by atomic mass is 9.89. The summed E-state index contributed by atoms with van der Waals surface area (Å²) < 4.78 is 0. The van der Waals surface area contributed by atoms with Crippen molar-refractivity contribution in [2.75, 3.05) is 0 Å². The zero-order chi connectivity index (χ0) is 7.59. The van der Waals surface area contributed by atoms with E-state index in [2.05, 4.69) is 0 Å². The zero-order valence-corrected chi connectivity index (χ0v) is 6.25. The first-order chi connectivity index (χ1) is 5.27. The van der Waals surface area contributed by atoms with Gasteiger partial charge in [0.2, 0.25) is 0 Å². The zero-order valence-electron chi connectivity index (χ0n) is 6.25. The minimum Gasteiger partial charge on any atom is -0.299 e. The lowest BCUT2D eigenvalue weighted by Crippen LogP contribution is -2.14. The fraction of sp³-hybridized carbons (Fsp3) is 0.778. The molecule has 3 fully saturated rings. The second-order valence-electron chi connectivity index (χ2n) is 4.13. The van der Waals surface area contributed by atoms with E-state index in [1.54, 1.807) is 0 Å². The van der Waals surface area contributed by atoms with Crippen LogP contribution in [-0.2, 0) is 9.59 Å². The third-order valence-corrected chi connectivity index (χ3v) is 3.67. The Labute approximate surface area is 65.0 Å². The smallest absolute Gasteiger partial charge is 0.140 e. The van der Waals surface area contributed by atoms with Crippen molar-refractivity contribution in [1.82, 2.24) is 0 Å². The Morgan fingerprint density at radius 2 is 2.00 bits per heavy atom. The minimum absolute atomic E-state index is 0.159. The number of hydrogen-bond donors (Lipinski definition) is 0. The quantitative estimate of drug-likeness (QED) is 0.512. The van der Waals surface area contributed by atoms with E-state index in [0.717, 1.165) is 12.8 Å². The molecule has 4 atom stereocenters. The van der Waals surface area contributed by atoms with Crippen molar-refractivity contribution in [3.63, 3.8) is 0 Å². The predicted molar refractivity (Wildman–Crippen MR) is 37.8 cm³/mol. The maximum absolute atomic E-state index is 11.4. The van der Waals surface area contributed by atoms with Gasteiger partial charge in [0.25, 0.3) is 0 Å². The van der Waals surface area contributed by atoms with Crippen LogP contribution in [-0.4, -0.2) is 11.6 Å². The van der Waals surface area contributed by atoms with E-state index in [1.165, 1.54) is 0 Å². The van der Waals surface area contributed by atoms with E-state index < -0.39 is 0 Å². The monoisotopic (exact) mass is 150 g/mol. The summed E-state index contributed by atoms with van der Waals surface area (Å²) in [6, 6.07) is 0. The molecule has 4 unspecified atom stereocenters. The van der Waals surface area contributed by atoms with Crippen LogP contribution in [0, 0.1) is 23.7 Å². The Morgan fingerprint density at radius 3 is 2.55 bits per heavy atom. The molecule has 0 aromatic carbocycles. The van der Waals surface area contributed by atoms with Crippen molar-refractivity contribution in [3.8, 4) is 0 Å². The van der Waals surface area contributed by atoms with E-state index in [0.29, 0.717) is 23.9 Å².